The summed E-state index contributed by atoms with van der Waals surface area (Å²) in [5.74, 6) is 0.750. The fourth-order valence-electron chi connectivity index (χ4n) is 3.89. The first-order valence-corrected chi connectivity index (χ1v) is 10.8. The maximum absolute atomic E-state index is 12.0. The van der Waals surface area contributed by atoms with Crippen molar-refractivity contribution in [2.24, 2.45) is 0 Å². The van der Waals surface area contributed by atoms with Gasteiger partial charge in [0.05, 0.1) is 18.8 Å². The minimum absolute atomic E-state index is 0.140. The normalized spacial score (nSPS) is 11.1. The van der Waals surface area contributed by atoms with Crippen LogP contribution in [-0.2, 0) is 19.6 Å². The lowest BCUT2D eigenvalue weighted by Crippen LogP contribution is -2.15. The van der Waals surface area contributed by atoms with Gasteiger partial charge < -0.3 is 24.5 Å². The van der Waals surface area contributed by atoms with E-state index in [1.54, 1.807) is 7.11 Å². The van der Waals surface area contributed by atoms with Gasteiger partial charge in [-0.15, -0.1) is 0 Å². The van der Waals surface area contributed by atoms with Gasteiger partial charge in [0.25, 0.3) is 0 Å². The first-order valence-electron chi connectivity index (χ1n) is 10.8. The quantitative estimate of drug-likeness (QED) is 0.471. The molecule has 6 nitrogen and oxygen atoms in total. The lowest BCUT2D eigenvalue weighted by atomic mass is 10.1. The zero-order chi connectivity index (χ0) is 23.3. The molecule has 1 heterocycles. The maximum atomic E-state index is 12.0. The highest BCUT2D eigenvalue weighted by molar-refractivity contribution is 5.91. The molecule has 0 amide bonds. The van der Waals surface area contributed by atoms with Crippen molar-refractivity contribution in [3.8, 4) is 11.5 Å². The summed E-state index contributed by atoms with van der Waals surface area (Å²) in [4.78, 5) is 12.0. The first-order chi connectivity index (χ1) is 15.3. The molecule has 0 aliphatic carbocycles. The Hall–Kier alpha value is -3.25. The Morgan fingerprint density at radius 2 is 1.53 bits per heavy atom. The van der Waals surface area contributed by atoms with Gasteiger partial charge in [-0.3, -0.25) is 0 Å². The Morgan fingerprint density at radius 1 is 0.938 bits per heavy atom. The van der Waals surface area contributed by atoms with Gasteiger partial charge in [0.15, 0.2) is 0 Å². The Balaban J connectivity index is 1.74. The van der Waals surface area contributed by atoms with Crippen LogP contribution in [0.1, 0.15) is 52.3 Å². The van der Waals surface area contributed by atoms with Crippen LogP contribution in [0.15, 0.2) is 48.5 Å². The third-order valence-electron chi connectivity index (χ3n) is 5.55. The van der Waals surface area contributed by atoms with Gasteiger partial charge in [0.1, 0.15) is 11.5 Å². The van der Waals surface area contributed by atoms with E-state index < -0.39 is 5.97 Å². The van der Waals surface area contributed by atoms with Gasteiger partial charge in [-0.25, -0.2) is 4.79 Å². The SMILES string of the molecule is COc1ccc(Cn2c(C)c(CNCc3ccc(OC(C)C)cc3)c(C(=O)O)c2C)cc1. The van der Waals surface area contributed by atoms with Crippen molar-refractivity contribution in [2.75, 3.05) is 7.11 Å². The molecule has 3 rings (SSSR count). The lowest BCUT2D eigenvalue weighted by Gasteiger charge is -2.12. The summed E-state index contributed by atoms with van der Waals surface area (Å²) in [5.41, 5.74) is 5.13. The predicted octanol–water partition coefficient (Wildman–Crippen LogP) is 4.94. The van der Waals surface area contributed by atoms with Crippen molar-refractivity contribution in [3.63, 3.8) is 0 Å². The summed E-state index contributed by atoms with van der Waals surface area (Å²) in [6.07, 6.45) is 0.140. The van der Waals surface area contributed by atoms with Gasteiger partial charge in [-0.2, -0.15) is 0 Å². The smallest absolute Gasteiger partial charge is 0.337 e. The average molecular weight is 437 g/mol. The van der Waals surface area contributed by atoms with Gasteiger partial charge in [-0.05, 0) is 63.1 Å². The molecule has 0 saturated heterocycles. The van der Waals surface area contributed by atoms with E-state index in [1.807, 2.05) is 76.2 Å². The van der Waals surface area contributed by atoms with Crippen LogP contribution in [-0.4, -0.2) is 28.9 Å². The number of nitrogens with zero attached hydrogens (tertiary/aromatic N) is 1. The van der Waals surface area contributed by atoms with Crippen molar-refractivity contribution in [3.05, 3.63) is 82.2 Å². The van der Waals surface area contributed by atoms with Gasteiger partial charge in [-0.1, -0.05) is 24.3 Å². The molecule has 0 atom stereocenters. The molecule has 0 radical (unpaired) electrons. The van der Waals surface area contributed by atoms with Crippen molar-refractivity contribution in [1.82, 2.24) is 9.88 Å². The molecular weight excluding hydrogens is 404 g/mol. The fraction of sp³-hybridized carbons (Fsp3) is 0.346. The highest BCUT2D eigenvalue weighted by Crippen LogP contribution is 2.25. The Kier molecular flexibility index (Phi) is 7.59. The van der Waals surface area contributed by atoms with E-state index in [9.17, 15) is 9.90 Å². The second-order valence-corrected chi connectivity index (χ2v) is 8.18. The maximum Gasteiger partial charge on any atom is 0.337 e. The molecule has 0 fully saturated rings. The van der Waals surface area contributed by atoms with Gasteiger partial charge >= 0.3 is 5.97 Å². The van der Waals surface area contributed by atoms with E-state index in [-0.39, 0.29) is 6.10 Å². The van der Waals surface area contributed by atoms with Crippen LogP contribution < -0.4 is 14.8 Å². The van der Waals surface area contributed by atoms with Crippen LogP contribution in [0, 0.1) is 13.8 Å². The van der Waals surface area contributed by atoms with Crippen molar-refractivity contribution >= 4 is 5.97 Å². The van der Waals surface area contributed by atoms with E-state index in [1.165, 1.54) is 0 Å². The average Bonchev–Trinajstić information content (AvgIpc) is 2.99. The van der Waals surface area contributed by atoms with Crippen LogP contribution >= 0.6 is 0 Å². The number of carbonyl (C=O) groups is 1. The molecule has 0 bridgehead atoms. The van der Waals surface area contributed by atoms with E-state index in [0.717, 1.165) is 39.6 Å². The first kappa shape index (κ1) is 23.4. The number of hydrogen-bond acceptors (Lipinski definition) is 4. The monoisotopic (exact) mass is 436 g/mol. The second-order valence-electron chi connectivity index (χ2n) is 8.18. The van der Waals surface area contributed by atoms with Crippen LogP contribution in [0.4, 0.5) is 0 Å². The van der Waals surface area contributed by atoms with E-state index >= 15 is 0 Å². The molecule has 0 spiro atoms. The van der Waals surface area contributed by atoms with Crippen LogP contribution in [0.25, 0.3) is 0 Å². The zero-order valence-corrected chi connectivity index (χ0v) is 19.4. The Morgan fingerprint density at radius 3 is 2.09 bits per heavy atom. The molecule has 0 saturated carbocycles. The van der Waals surface area contributed by atoms with Gasteiger partial charge in [0.2, 0.25) is 0 Å². The number of methoxy groups -OCH3 is 1. The third-order valence-corrected chi connectivity index (χ3v) is 5.55. The summed E-state index contributed by atoms with van der Waals surface area (Å²) >= 11 is 0. The number of carboxylic acid groups (broad SMARTS) is 1. The largest absolute Gasteiger partial charge is 0.497 e. The second kappa shape index (κ2) is 10.4. The summed E-state index contributed by atoms with van der Waals surface area (Å²) in [7, 11) is 1.64. The molecule has 6 heteroatoms. The highest BCUT2D eigenvalue weighted by Gasteiger charge is 2.22. The predicted molar refractivity (Wildman–Crippen MR) is 126 cm³/mol. The molecule has 2 aromatic carbocycles. The summed E-state index contributed by atoms with van der Waals surface area (Å²) < 4.78 is 13.0. The number of aromatic nitrogens is 1. The molecule has 1 aromatic heterocycles. The zero-order valence-electron chi connectivity index (χ0n) is 19.4. The van der Waals surface area contributed by atoms with E-state index in [2.05, 4.69) is 9.88 Å². The molecule has 0 aliphatic heterocycles. The number of rotatable bonds is 10. The fourth-order valence-corrected chi connectivity index (χ4v) is 3.89. The van der Waals surface area contributed by atoms with Crippen molar-refractivity contribution in [2.45, 2.75) is 53.4 Å². The number of carboxylic acids is 1. The van der Waals surface area contributed by atoms with Crippen LogP contribution in [0.2, 0.25) is 0 Å². The van der Waals surface area contributed by atoms with Gasteiger partial charge in [0, 0.05) is 36.6 Å². The molecule has 3 aromatic rings. The lowest BCUT2D eigenvalue weighted by molar-refractivity contribution is 0.0694. The summed E-state index contributed by atoms with van der Waals surface area (Å²) in [6.45, 7) is 9.59. The molecule has 32 heavy (non-hydrogen) atoms. The number of hydrogen-bond donors (Lipinski definition) is 2. The molecular formula is C26H32N2O4. The number of nitrogens with one attached hydrogen (secondary N) is 1. The molecule has 0 aliphatic rings. The number of benzene rings is 2. The summed E-state index contributed by atoms with van der Waals surface area (Å²) in [6, 6.07) is 15.8. The van der Waals surface area contributed by atoms with Crippen LogP contribution in [0.3, 0.4) is 0 Å². The topological polar surface area (TPSA) is 72.7 Å². The van der Waals surface area contributed by atoms with E-state index in [0.29, 0.717) is 25.2 Å². The Bertz CT molecular complexity index is 1050. The van der Waals surface area contributed by atoms with Crippen molar-refractivity contribution in [1.29, 1.82) is 0 Å². The number of ether oxygens (including phenoxy) is 2. The minimum Gasteiger partial charge on any atom is -0.497 e. The Labute approximate surface area is 189 Å². The third kappa shape index (κ3) is 5.51. The van der Waals surface area contributed by atoms with Crippen molar-refractivity contribution < 1.29 is 19.4 Å². The summed E-state index contributed by atoms with van der Waals surface area (Å²) in [5, 5.41) is 13.3. The molecule has 2 N–H and O–H groups in total. The van der Waals surface area contributed by atoms with Crippen LogP contribution in [0.5, 0.6) is 11.5 Å². The molecule has 0 unspecified atom stereocenters. The minimum atomic E-state index is -0.897. The molecule has 170 valence electrons. The highest BCUT2D eigenvalue weighted by atomic mass is 16.5. The van der Waals surface area contributed by atoms with E-state index in [4.69, 9.17) is 9.47 Å². The standard InChI is InChI=1S/C26H32N2O4/c1-17(2)32-23-12-6-20(7-13-23)14-27-15-24-18(3)28(19(4)25(24)26(29)30)16-21-8-10-22(31-5)11-9-21/h6-13,17,27H,14-16H2,1-5H3,(H,29,30). The number of aromatic carboxylic acids is 1.